The Morgan fingerprint density at radius 3 is 2.45 bits per heavy atom. The molecule has 1 atom stereocenters. The van der Waals surface area contributed by atoms with Gasteiger partial charge in [0.2, 0.25) is 10.0 Å². The predicted octanol–water partition coefficient (Wildman–Crippen LogP) is -1.03. The lowest BCUT2D eigenvalue weighted by Gasteiger charge is -2.23. The topological polar surface area (TPSA) is 104 Å². The number of hydrogen-bond acceptors (Lipinski definition) is 6. The normalized spacial score (nSPS) is 20.1. The zero-order valence-corrected chi connectivity index (χ0v) is 12.4. The van der Waals surface area contributed by atoms with Crippen molar-refractivity contribution in [3.63, 3.8) is 0 Å². The zero-order chi connectivity index (χ0) is 15.3. The number of hydrogen-bond donors (Lipinski definition) is 1. The maximum absolute atomic E-state index is 12.3. The Kier molecular flexibility index (Phi) is 5.90. The third-order valence-electron chi connectivity index (χ3n) is 3.25. The van der Waals surface area contributed by atoms with Crippen molar-refractivity contribution in [2.24, 2.45) is 0 Å². The molecule has 0 aliphatic carbocycles. The average Bonchev–Trinajstić information content (AvgIpc) is 2.62. The highest BCUT2D eigenvalue weighted by Crippen LogP contribution is 2.14. The minimum absolute atomic E-state index is 0.111. The molecule has 0 radical (unpaired) electrons. The van der Waals surface area contributed by atoms with Crippen LogP contribution in [0.4, 0.5) is 0 Å². The van der Waals surface area contributed by atoms with Gasteiger partial charge in [-0.2, -0.15) is 4.31 Å². The van der Waals surface area contributed by atoms with Gasteiger partial charge in [0, 0.05) is 26.2 Å². The van der Waals surface area contributed by atoms with Gasteiger partial charge in [-0.05, 0) is 13.3 Å². The lowest BCUT2D eigenvalue weighted by Crippen LogP contribution is -2.43. The Labute approximate surface area is 118 Å². The number of carboxylic acids is 1. The van der Waals surface area contributed by atoms with Crippen molar-refractivity contribution in [1.29, 1.82) is 0 Å². The third-order valence-corrected chi connectivity index (χ3v) is 5.42. The highest BCUT2D eigenvalue weighted by Gasteiger charge is 2.35. The predicted molar refractivity (Wildman–Crippen MR) is 70.7 cm³/mol. The Balaban J connectivity index is 2.73. The first-order valence-electron chi connectivity index (χ1n) is 6.30. The number of methoxy groups -OCH3 is 1. The fourth-order valence-corrected chi connectivity index (χ4v) is 3.57. The number of rotatable bonds is 5. The van der Waals surface area contributed by atoms with Crippen LogP contribution in [0.5, 0.6) is 0 Å². The van der Waals surface area contributed by atoms with Crippen molar-refractivity contribution >= 4 is 22.0 Å². The Hall–Kier alpha value is -1.19. The quantitative estimate of drug-likeness (QED) is 0.647. The molecule has 1 N–H and O–H groups in total. The van der Waals surface area contributed by atoms with E-state index in [1.165, 1.54) is 11.2 Å². The molecule has 0 aromatic heterocycles. The third kappa shape index (κ3) is 4.15. The minimum Gasteiger partial charge on any atom is -0.480 e. The second-order valence-corrected chi connectivity index (χ2v) is 6.89. The van der Waals surface area contributed by atoms with E-state index in [4.69, 9.17) is 5.11 Å². The van der Waals surface area contributed by atoms with Gasteiger partial charge in [0.25, 0.3) is 0 Å². The molecule has 1 unspecified atom stereocenters. The van der Waals surface area contributed by atoms with Gasteiger partial charge in [0.1, 0.15) is 0 Å². The number of nitrogens with zero attached hydrogens (tertiary/aromatic N) is 2. The van der Waals surface area contributed by atoms with Gasteiger partial charge >= 0.3 is 11.9 Å². The van der Waals surface area contributed by atoms with Crippen molar-refractivity contribution < 1.29 is 27.9 Å². The molecule has 0 saturated carbocycles. The molecule has 116 valence electrons. The fraction of sp³-hybridized carbons (Fsp3) is 0.818. The molecular weight excluding hydrogens is 288 g/mol. The molecule has 1 fully saturated rings. The average molecular weight is 308 g/mol. The molecule has 20 heavy (non-hydrogen) atoms. The van der Waals surface area contributed by atoms with Crippen LogP contribution in [0.25, 0.3) is 0 Å². The van der Waals surface area contributed by atoms with Crippen LogP contribution in [0.2, 0.25) is 0 Å². The summed E-state index contributed by atoms with van der Waals surface area (Å²) in [6.45, 7) is 2.49. The number of carbonyl (C=O) groups excluding carboxylic acids is 1. The summed E-state index contributed by atoms with van der Waals surface area (Å²) in [4.78, 5) is 23.7. The van der Waals surface area contributed by atoms with Crippen LogP contribution in [-0.4, -0.2) is 79.8 Å². The number of carboxylic acid groups (broad SMARTS) is 1. The second-order valence-electron chi connectivity index (χ2n) is 4.63. The Morgan fingerprint density at radius 1 is 1.25 bits per heavy atom. The van der Waals surface area contributed by atoms with E-state index in [0.29, 0.717) is 19.5 Å². The second kappa shape index (κ2) is 7.00. The molecule has 1 aliphatic heterocycles. The standard InChI is InChI=1S/C11H20N2O6S/c1-9(11(16)19-2)20(17,18)13-5-3-4-12(6-7-13)8-10(14)15/h9H,3-8H2,1-2H3,(H,14,15). The summed E-state index contributed by atoms with van der Waals surface area (Å²) >= 11 is 0. The van der Waals surface area contributed by atoms with E-state index in [0.717, 1.165) is 7.11 Å². The first-order chi connectivity index (χ1) is 9.28. The summed E-state index contributed by atoms with van der Waals surface area (Å²) in [5, 5.41) is 7.49. The van der Waals surface area contributed by atoms with Crippen molar-refractivity contribution in [3.8, 4) is 0 Å². The molecule has 1 heterocycles. The van der Waals surface area contributed by atoms with E-state index in [1.807, 2.05) is 0 Å². The minimum atomic E-state index is -3.76. The van der Waals surface area contributed by atoms with Gasteiger partial charge in [0.05, 0.1) is 13.7 Å². The molecule has 1 saturated heterocycles. The molecule has 8 nitrogen and oxygen atoms in total. The van der Waals surface area contributed by atoms with Crippen LogP contribution in [0.3, 0.4) is 0 Å². The van der Waals surface area contributed by atoms with E-state index in [-0.39, 0.29) is 19.6 Å². The number of sulfonamides is 1. The van der Waals surface area contributed by atoms with Crippen molar-refractivity contribution in [3.05, 3.63) is 0 Å². The Morgan fingerprint density at radius 2 is 1.90 bits per heavy atom. The van der Waals surface area contributed by atoms with Crippen molar-refractivity contribution in [1.82, 2.24) is 9.21 Å². The van der Waals surface area contributed by atoms with Crippen LogP contribution in [-0.2, 0) is 24.3 Å². The summed E-state index contributed by atoms with van der Waals surface area (Å²) in [5.41, 5.74) is 0. The molecule has 0 bridgehead atoms. The van der Waals surface area contributed by atoms with E-state index >= 15 is 0 Å². The van der Waals surface area contributed by atoms with E-state index in [2.05, 4.69) is 4.74 Å². The van der Waals surface area contributed by atoms with Gasteiger partial charge < -0.3 is 9.84 Å². The molecule has 0 amide bonds. The fourth-order valence-electron chi connectivity index (χ4n) is 2.06. The highest BCUT2D eigenvalue weighted by molar-refractivity contribution is 7.90. The summed E-state index contributed by atoms with van der Waals surface area (Å²) in [7, 11) is -2.62. The monoisotopic (exact) mass is 308 g/mol. The summed E-state index contributed by atoms with van der Waals surface area (Å²) < 4.78 is 30.2. The lowest BCUT2D eigenvalue weighted by atomic mass is 10.4. The largest absolute Gasteiger partial charge is 0.480 e. The number of aliphatic carboxylic acids is 1. The van der Waals surface area contributed by atoms with Crippen molar-refractivity contribution in [2.75, 3.05) is 39.8 Å². The van der Waals surface area contributed by atoms with Crippen LogP contribution in [0.1, 0.15) is 13.3 Å². The molecule has 0 aromatic rings. The van der Waals surface area contributed by atoms with Crippen LogP contribution < -0.4 is 0 Å². The van der Waals surface area contributed by atoms with Gasteiger partial charge in [-0.1, -0.05) is 0 Å². The highest BCUT2D eigenvalue weighted by atomic mass is 32.2. The molecule has 0 spiro atoms. The summed E-state index contributed by atoms with van der Waals surface area (Å²) in [5.74, 6) is -1.74. The van der Waals surface area contributed by atoms with Crippen LogP contribution >= 0.6 is 0 Å². The maximum atomic E-state index is 12.3. The van der Waals surface area contributed by atoms with E-state index in [1.54, 1.807) is 4.90 Å². The summed E-state index contributed by atoms with van der Waals surface area (Å²) in [6, 6.07) is 0. The van der Waals surface area contributed by atoms with Crippen LogP contribution in [0.15, 0.2) is 0 Å². The Bertz CT molecular complexity index is 464. The number of ether oxygens (including phenoxy) is 1. The molecule has 1 rings (SSSR count). The van der Waals surface area contributed by atoms with Gasteiger partial charge in [0.15, 0.2) is 5.25 Å². The molecule has 9 heteroatoms. The maximum Gasteiger partial charge on any atom is 0.325 e. The van der Waals surface area contributed by atoms with Gasteiger partial charge in [-0.15, -0.1) is 0 Å². The van der Waals surface area contributed by atoms with E-state index in [9.17, 15) is 18.0 Å². The molecular formula is C11H20N2O6S. The first kappa shape index (κ1) is 16.9. The molecule has 0 aromatic carbocycles. The lowest BCUT2D eigenvalue weighted by molar-refractivity contribution is -0.140. The molecule has 1 aliphatic rings. The SMILES string of the molecule is COC(=O)C(C)S(=O)(=O)N1CCCN(CC(=O)O)CC1. The smallest absolute Gasteiger partial charge is 0.325 e. The van der Waals surface area contributed by atoms with Crippen molar-refractivity contribution in [2.45, 2.75) is 18.6 Å². The van der Waals surface area contributed by atoms with Crippen LogP contribution in [0, 0.1) is 0 Å². The first-order valence-corrected chi connectivity index (χ1v) is 7.80. The van der Waals surface area contributed by atoms with Gasteiger partial charge in [-0.3, -0.25) is 14.5 Å². The van der Waals surface area contributed by atoms with Gasteiger partial charge in [-0.25, -0.2) is 8.42 Å². The summed E-state index contributed by atoms with van der Waals surface area (Å²) in [6.07, 6.45) is 0.528. The zero-order valence-electron chi connectivity index (χ0n) is 11.6. The van der Waals surface area contributed by atoms with E-state index < -0.39 is 27.2 Å². The number of esters is 1. The number of carbonyl (C=O) groups is 2.